The van der Waals surface area contributed by atoms with Gasteiger partial charge in [0, 0.05) is 7.05 Å². The van der Waals surface area contributed by atoms with Gasteiger partial charge in [-0.25, -0.2) is 9.78 Å². The van der Waals surface area contributed by atoms with E-state index in [2.05, 4.69) is 15.0 Å². The van der Waals surface area contributed by atoms with E-state index >= 15 is 0 Å². The Balaban J connectivity index is 2.80. The van der Waals surface area contributed by atoms with Crippen LogP contribution in [0.15, 0.2) is 6.20 Å². The van der Waals surface area contributed by atoms with Crippen LogP contribution in [-0.2, 0) is 4.74 Å². The summed E-state index contributed by atoms with van der Waals surface area (Å²) in [5.41, 5.74) is 0. The third-order valence-corrected chi connectivity index (χ3v) is 2.10. The van der Waals surface area contributed by atoms with E-state index in [-0.39, 0.29) is 5.97 Å². The number of nitrogens with one attached hydrogen (secondary N) is 1. The van der Waals surface area contributed by atoms with E-state index in [1.165, 1.54) is 24.6 Å². The minimum Gasteiger partial charge on any atom is -0.465 e. The van der Waals surface area contributed by atoms with Gasteiger partial charge in [0.25, 0.3) is 0 Å². The van der Waals surface area contributed by atoms with E-state index in [4.69, 9.17) is 0 Å². The summed E-state index contributed by atoms with van der Waals surface area (Å²) in [5, 5.41) is 3.54. The number of carbonyl (C=O) groups excluding carboxylic acids is 1. The number of aromatic nitrogens is 1. The van der Waals surface area contributed by atoms with E-state index < -0.39 is 0 Å². The summed E-state index contributed by atoms with van der Waals surface area (Å²) in [6.07, 6.45) is 1.49. The van der Waals surface area contributed by atoms with Gasteiger partial charge < -0.3 is 10.1 Å². The van der Waals surface area contributed by atoms with Gasteiger partial charge in [-0.1, -0.05) is 11.3 Å². The number of methoxy groups -OCH3 is 1. The van der Waals surface area contributed by atoms with Crippen LogP contribution in [-0.4, -0.2) is 25.1 Å². The number of nitrogens with zero attached hydrogens (tertiary/aromatic N) is 1. The molecule has 0 aliphatic heterocycles. The summed E-state index contributed by atoms with van der Waals surface area (Å²) in [5.74, 6) is -0.344. The average molecular weight is 172 g/mol. The lowest BCUT2D eigenvalue weighted by atomic mass is 10.6. The number of anilines is 1. The third-order valence-electron chi connectivity index (χ3n) is 1.11. The molecule has 0 radical (unpaired) electrons. The Kier molecular flexibility index (Phi) is 2.43. The molecule has 0 aromatic carbocycles. The molecule has 0 amide bonds. The Morgan fingerprint density at radius 1 is 1.82 bits per heavy atom. The van der Waals surface area contributed by atoms with Gasteiger partial charge in [-0.15, -0.1) is 0 Å². The van der Waals surface area contributed by atoms with Gasteiger partial charge in [0.15, 0.2) is 5.13 Å². The van der Waals surface area contributed by atoms with E-state index in [9.17, 15) is 4.79 Å². The summed E-state index contributed by atoms with van der Waals surface area (Å²) in [6, 6.07) is 0. The van der Waals surface area contributed by atoms with Crippen LogP contribution >= 0.6 is 11.3 Å². The molecule has 60 valence electrons. The van der Waals surface area contributed by atoms with Crippen LogP contribution in [0.4, 0.5) is 5.13 Å². The first-order chi connectivity index (χ1) is 5.27. The van der Waals surface area contributed by atoms with Crippen molar-refractivity contribution >= 4 is 22.4 Å². The molecule has 0 fully saturated rings. The van der Waals surface area contributed by atoms with Crippen LogP contribution in [0, 0.1) is 0 Å². The summed E-state index contributed by atoms with van der Waals surface area (Å²) in [7, 11) is 3.10. The summed E-state index contributed by atoms with van der Waals surface area (Å²) >= 11 is 1.27. The fourth-order valence-electron chi connectivity index (χ4n) is 0.585. The Bertz CT molecular complexity index is 259. The van der Waals surface area contributed by atoms with Crippen LogP contribution < -0.4 is 5.32 Å². The molecular weight excluding hydrogens is 164 g/mol. The first kappa shape index (κ1) is 8.00. The topological polar surface area (TPSA) is 51.2 Å². The lowest BCUT2D eigenvalue weighted by Crippen LogP contribution is -1.96. The predicted octanol–water partition coefficient (Wildman–Crippen LogP) is 0.971. The van der Waals surface area contributed by atoms with Crippen LogP contribution in [0.3, 0.4) is 0 Å². The highest BCUT2D eigenvalue weighted by atomic mass is 32.1. The highest BCUT2D eigenvalue weighted by Crippen LogP contribution is 2.17. The first-order valence-electron chi connectivity index (χ1n) is 3.00. The molecular formula is C6H8N2O2S. The van der Waals surface area contributed by atoms with Crippen molar-refractivity contribution in [2.45, 2.75) is 0 Å². The Labute approximate surface area is 68.2 Å². The Morgan fingerprint density at radius 2 is 2.55 bits per heavy atom. The van der Waals surface area contributed by atoms with Crippen LogP contribution in [0.2, 0.25) is 0 Å². The van der Waals surface area contributed by atoms with Gasteiger partial charge in [0.05, 0.1) is 13.3 Å². The molecule has 0 saturated carbocycles. The van der Waals surface area contributed by atoms with Gasteiger partial charge in [-0.05, 0) is 0 Å². The second-order valence-electron chi connectivity index (χ2n) is 1.77. The minimum absolute atomic E-state index is 0.344. The molecule has 1 aromatic heterocycles. The predicted molar refractivity (Wildman–Crippen MR) is 43.0 cm³/mol. The summed E-state index contributed by atoms with van der Waals surface area (Å²) in [6.45, 7) is 0. The molecule has 1 heterocycles. The molecule has 5 heteroatoms. The zero-order valence-electron chi connectivity index (χ0n) is 6.25. The highest BCUT2D eigenvalue weighted by molar-refractivity contribution is 7.17. The summed E-state index contributed by atoms with van der Waals surface area (Å²) in [4.78, 5) is 15.3. The number of hydrogen-bond donors (Lipinski definition) is 1. The quantitative estimate of drug-likeness (QED) is 0.675. The molecule has 11 heavy (non-hydrogen) atoms. The average Bonchev–Trinajstić information content (AvgIpc) is 2.50. The van der Waals surface area contributed by atoms with Crippen LogP contribution in [0.5, 0.6) is 0 Å². The third kappa shape index (κ3) is 1.68. The molecule has 1 aromatic rings. The molecule has 0 saturated heterocycles. The monoisotopic (exact) mass is 172 g/mol. The molecule has 0 aliphatic carbocycles. The van der Waals surface area contributed by atoms with Gasteiger partial charge in [-0.2, -0.15) is 0 Å². The molecule has 0 atom stereocenters. The standard InChI is InChI=1S/C6H8N2O2S/c1-7-6-8-3-4(11-6)5(9)10-2/h3H,1-2H3,(H,7,8). The molecule has 0 aliphatic rings. The summed E-state index contributed by atoms with van der Waals surface area (Å²) < 4.78 is 4.50. The van der Waals surface area contributed by atoms with Crippen molar-refractivity contribution in [3.05, 3.63) is 11.1 Å². The number of thiazole rings is 1. The highest BCUT2D eigenvalue weighted by Gasteiger charge is 2.08. The first-order valence-corrected chi connectivity index (χ1v) is 3.81. The van der Waals surface area contributed by atoms with E-state index in [1.54, 1.807) is 7.05 Å². The Morgan fingerprint density at radius 3 is 3.00 bits per heavy atom. The largest absolute Gasteiger partial charge is 0.465 e. The Hall–Kier alpha value is -1.10. The molecule has 1 rings (SSSR count). The van der Waals surface area contributed by atoms with Gasteiger partial charge >= 0.3 is 5.97 Å². The lowest BCUT2D eigenvalue weighted by Gasteiger charge is -1.90. The fraction of sp³-hybridized carbons (Fsp3) is 0.333. The number of ether oxygens (including phenoxy) is 1. The normalized spacial score (nSPS) is 9.27. The number of rotatable bonds is 2. The zero-order chi connectivity index (χ0) is 8.27. The molecule has 0 unspecified atom stereocenters. The zero-order valence-corrected chi connectivity index (χ0v) is 7.07. The van der Waals surface area contributed by atoms with E-state index in [1.807, 2.05) is 0 Å². The minimum atomic E-state index is -0.344. The fourth-order valence-corrected chi connectivity index (χ4v) is 1.27. The van der Waals surface area contributed by atoms with Gasteiger partial charge in [0.2, 0.25) is 0 Å². The van der Waals surface area contributed by atoms with Crippen molar-refractivity contribution in [3.63, 3.8) is 0 Å². The molecule has 0 spiro atoms. The smallest absolute Gasteiger partial charge is 0.349 e. The van der Waals surface area contributed by atoms with Crippen molar-refractivity contribution in [1.29, 1.82) is 0 Å². The van der Waals surface area contributed by atoms with Gasteiger partial charge in [-0.3, -0.25) is 0 Å². The van der Waals surface area contributed by atoms with Crippen molar-refractivity contribution in [2.24, 2.45) is 0 Å². The van der Waals surface area contributed by atoms with Crippen LogP contribution in [0.1, 0.15) is 9.67 Å². The van der Waals surface area contributed by atoms with Crippen molar-refractivity contribution in [2.75, 3.05) is 19.5 Å². The maximum Gasteiger partial charge on any atom is 0.349 e. The van der Waals surface area contributed by atoms with Crippen molar-refractivity contribution in [3.8, 4) is 0 Å². The van der Waals surface area contributed by atoms with E-state index in [0.29, 0.717) is 10.0 Å². The molecule has 1 N–H and O–H groups in total. The van der Waals surface area contributed by atoms with Crippen molar-refractivity contribution < 1.29 is 9.53 Å². The number of carbonyl (C=O) groups is 1. The molecule has 0 bridgehead atoms. The second-order valence-corrected chi connectivity index (χ2v) is 2.80. The SMILES string of the molecule is CNc1ncc(C(=O)OC)s1. The number of hydrogen-bond acceptors (Lipinski definition) is 5. The van der Waals surface area contributed by atoms with Crippen molar-refractivity contribution in [1.82, 2.24) is 4.98 Å². The maximum atomic E-state index is 10.9. The number of esters is 1. The van der Waals surface area contributed by atoms with Crippen LogP contribution in [0.25, 0.3) is 0 Å². The second kappa shape index (κ2) is 3.34. The van der Waals surface area contributed by atoms with E-state index in [0.717, 1.165) is 0 Å². The lowest BCUT2D eigenvalue weighted by molar-refractivity contribution is 0.0606. The molecule has 4 nitrogen and oxygen atoms in total. The maximum absolute atomic E-state index is 10.9. The van der Waals surface area contributed by atoms with Gasteiger partial charge in [0.1, 0.15) is 4.88 Å².